The van der Waals surface area contributed by atoms with Crippen molar-refractivity contribution in [1.82, 2.24) is 5.32 Å². The van der Waals surface area contributed by atoms with E-state index in [2.05, 4.69) is 5.32 Å². The second-order valence-corrected chi connectivity index (χ2v) is 10.6. The van der Waals surface area contributed by atoms with Crippen LogP contribution in [0.5, 0.6) is 0 Å². The molecule has 0 spiro atoms. The van der Waals surface area contributed by atoms with Crippen LogP contribution in [0, 0.1) is 17.3 Å². The second kappa shape index (κ2) is 19.9. The highest BCUT2D eigenvalue weighted by Crippen LogP contribution is 2.44. The molecule has 0 heterocycles. The minimum absolute atomic E-state index is 0.0712. The van der Waals surface area contributed by atoms with Gasteiger partial charge < -0.3 is 25.7 Å². The van der Waals surface area contributed by atoms with E-state index >= 15 is 0 Å². The molecule has 0 bridgehead atoms. The number of hydrogen-bond donors (Lipinski definition) is 6. The van der Waals surface area contributed by atoms with Crippen LogP contribution in [-0.4, -0.2) is 76.9 Å². The number of hydrogen-bond acceptors (Lipinski definition) is 7. The second-order valence-electron chi connectivity index (χ2n) is 9.13. The predicted octanol–water partition coefficient (Wildman–Crippen LogP) is 3.17. The Morgan fingerprint density at radius 2 is 1.23 bits per heavy atom. The normalized spacial score (nSPS) is 15.9. The van der Waals surface area contributed by atoms with Gasteiger partial charge in [-0.3, -0.25) is 14.1 Å². The Morgan fingerprint density at radius 3 is 1.46 bits per heavy atom. The van der Waals surface area contributed by atoms with Crippen molar-refractivity contribution in [3.63, 3.8) is 0 Å². The summed E-state index contributed by atoms with van der Waals surface area (Å²) < 4.78 is 33.7. The third kappa shape index (κ3) is 14.2. The average molecular weight is 528 g/mol. The Bertz CT molecular complexity index is 648. The van der Waals surface area contributed by atoms with Crippen molar-refractivity contribution in [2.75, 3.05) is 26.3 Å². The van der Waals surface area contributed by atoms with Gasteiger partial charge in [-0.15, -0.1) is 0 Å². The number of rotatable bonds is 20. The average Bonchev–Trinajstić information content (AvgIpc) is 2.78. The van der Waals surface area contributed by atoms with E-state index in [-0.39, 0.29) is 37.9 Å². The number of aliphatic hydroxyl groups excluding tert-OH is 2. The van der Waals surface area contributed by atoms with Gasteiger partial charge in [0, 0.05) is 13.1 Å². The number of unbranched alkanes of at least 4 members (excludes halogenated alkanes) is 2. The highest BCUT2D eigenvalue weighted by molar-refractivity contribution is 7.87. The van der Waals surface area contributed by atoms with E-state index in [9.17, 15) is 32.8 Å². The van der Waals surface area contributed by atoms with Gasteiger partial charge in [-0.2, -0.15) is 8.42 Å². The number of carboxylic acids is 2. The SMILES string of the molecule is CCCCC(CC)CC(CC(CC)CCCC)(C(=O)O)C(C(=O)O)S(=O)(=O)O.OCCNCCO. The predicted molar refractivity (Wildman–Crippen MR) is 136 cm³/mol. The smallest absolute Gasteiger partial charge is 0.325 e. The molecule has 210 valence electrons. The quantitative estimate of drug-likeness (QED) is 0.102. The summed E-state index contributed by atoms with van der Waals surface area (Å²) >= 11 is 0. The molecule has 35 heavy (non-hydrogen) atoms. The fourth-order valence-electron chi connectivity index (χ4n) is 4.43. The molecule has 0 rings (SSSR count). The topological polar surface area (TPSA) is 181 Å². The Hall–Kier alpha value is -1.27. The van der Waals surface area contributed by atoms with Crippen molar-refractivity contribution >= 4 is 22.1 Å². The number of aliphatic hydroxyl groups is 2. The van der Waals surface area contributed by atoms with Gasteiger partial charge in [0.15, 0.2) is 5.25 Å². The molecular weight excluding hydrogens is 478 g/mol. The Labute approximate surface area is 211 Å². The minimum atomic E-state index is -5.10. The maximum atomic E-state index is 12.4. The summed E-state index contributed by atoms with van der Waals surface area (Å²) in [5, 5.41) is 36.4. The number of aliphatic carboxylic acids is 2. The van der Waals surface area contributed by atoms with Crippen molar-refractivity contribution in [2.24, 2.45) is 17.3 Å². The molecule has 0 aromatic carbocycles. The van der Waals surface area contributed by atoms with E-state index in [1.807, 2.05) is 27.7 Å². The molecule has 3 atom stereocenters. The van der Waals surface area contributed by atoms with Gasteiger partial charge >= 0.3 is 11.9 Å². The van der Waals surface area contributed by atoms with Crippen molar-refractivity contribution in [3.05, 3.63) is 0 Å². The molecule has 0 fully saturated rings. The first-order valence-electron chi connectivity index (χ1n) is 12.8. The summed E-state index contributed by atoms with van der Waals surface area (Å²) in [6, 6.07) is 0. The number of nitrogens with one attached hydrogen (secondary N) is 1. The van der Waals surface area contributed by atoms with Crippen LogP contribution < -0.4 is 5.32 Å². The Balaban J connectivity index is 0. The fraction of sp³-hybridized carbons (Fsp3) is 0.917. The van der Waals surface area contributed by atoms with Crippen LogP contribution in [-0.2, 0) is 19.7 Å². The number of carbonyl (C=O) groups is 2. The standard InChI is InChI=1S/C20H38O7S.C4H11NO2/c1-5-9-11-15(7-3)13-20(19(23)24,14-16(8-4)12-10-6-2)17(18(21)22)28(25,26)27;6-3-1-5-2-4-7/h15-17H,5-14H2,1-4H3,(H,21,22)(H,23,24)(H,25,26,27);5-7H,1-4H2. The molecule has 0 aromatic heterocycles. The molecule has 0 saturated heterocycles. The summed E-state index contributed by atoms with van der Waals surface area (Å²) in [4.78, 5) is 24.3. The minimum Gasteiger partial charge on any atom is -0.481 e. The lowest BCUT2D eigenvalue weighted by atomic mass is 9.68. The van der Waals surface area contributed by atoms with Gasteiger partial charge in [0.05, 0.1) is 18.6 Å². The molecule has 0 aromatic rings. The Morgan fingerprint density at radius 1 is 0.829 bits per heavy atom. The molecule has 0 amide bonds. The van der Waals surface area contributed by atoms with Crippen molar-refractivity contribution < 1.29 is 43.0 Å². The summed E-state index contributed by atoms with van der Waals surface area (Å²) in [6.07, 6.45) is 6.02. The molecule has 6 N–H and O–H groups in total. The van der Waals surface area contributed by atoms with Crippen LogP contribution in [0.25, 0.3) is 0 Å². The first-order chi connectivity index (χ1) is 16.4. The van der Waals surface area contributed by atoms with Gasteiger partial charge in [-0.05, 0) is 24.7 Å². The van der Waals surface area contributed by atoms with E-state index in [0.29, 0.717) is 38.8 Å². The molecule has 0 aliphatic rings. The van der Waals surface area contributed by atoms with E-state index in [0.717, 1.165) is 25.7 Å². The zero-order valence-electron chi connectivity index (χ0n) is 21.9. The summed E-state index contributed by atoms with van der Waals surface area (Å²) in [6.45, 7) is 9.22. The van der Waals surface area contributed by atoms with Gasteiger partial charge in [0.25, 0.3) is 10.1 Å². The summed E-state index contributed by atoms with van der Waals surface area (Å²) in [5.41, 5.74) is -2.05. The fourth-order valence-corrected chi connectivity index (χ4v) is 5.55. The van der Waals surface area contributed by atoms with E-state index in [4.69, 9.17) is 10.2 Å². The highest BCUT2D eigenvalue weighted by Gasteiger charge is 2.57. The van der Waals surface area contributed by atoms with Crippen molar-refractivity contribution in [2.45, 2.75) is 97.2 Å². The maximum Gasteiger partial charge on any atom is 0.325 e. The molecule has 0 saturated carbocycles. The molecular formula is C24H49NO9S. The third-order valence-corrected chi connectivity index (χ3v) is 7.67. The van der Waals surface area contributed by atoms with Gasteiger partial charge in [0.1, 0.15) is 0 Å². The zero-order chi connectivity index (χ0) is 27.5. The molecule has 11 heteroatoms. The van der Waals surface area contributed by atoms with E-state index in [1.165, 1.54) is 0 Å². The molecule has 0 radical (unpaired) electrons. The molecule has 3 unspecified atom stereocenters. The number of carboxylic acid groups (broad SMARTS) is 2. The van der Waals surface area contributed by atoms with E-state index < -0.39 is 32.7 Å². The van der Waals surface area contributed by atoms with Gasteiger partial charge in [-0.25, -0.2) is 0 Å². The first kappa shape index (κ1) is 35.9. The molecule has 0 aliphatic carbocycles. The highest BCUT2D eigenvalue weighted by atomic mass is 32.2. The first-order valence-corrected chi connectivity index (χ1v) is 14.3. The molecule has 0 aliphatic heterocycles. The lowest BCUT2D eigenvalue weighted by Gasteiger charge is -2.38. The Kier molecular flexibility index (Phi) is 20.4. The van der Waals surface area contributed by atoms with Crippen LogP contribution >= 0.6 is 0 Å². The van der Waals surface area contributed by atoms with Gasteiger partial charge in [0.2, 0.25) is 0 Å². The van der Waals surface area contributed by atoms with Crippen LogP contribution in [0.1, 0.15) is 91.9 Å². The van der Waals surface area contributed by atoms with Crippen LogP contribution in [0.2, 0.25) is 0 Å². The van der Waals surface area contributed by atoms with Gasteiger partial charge in [-0.1, -0.05) is 79.1 Å². The largest absolute Gasteiger partial charge is 0.481 e. The van der Waals surface area contributed by atoms with Crippen LogP contribution in [0.3, 0.4) is 0 Å². The van der Waals surface area contributed by atoms with E-state index in [1.54, 1.807) is 0 Å². The van der Waals surface area contributed by atoms with Crippen molar-refractivity contribution in [1.29, 1.82) is 0 Å². The lowest BCUT2D eigenvalue weighted by Crippen LogP contribution is -2.53. The summed E-state index contributed by atoms with van der Waals surface area (Å²) in [5.74, 6) is -3.50. The molecule has 10 nitrogen and oxygen atoms in total. The van der Waals surface area contributed by atoms with Crippen LogP contribution in [0.4, 0.5) is 0 Å². The monoisotopic (exact) mass is 527 g/mol. The lowest BCUT2D eigenvalue weighted by molar-refractivity contribution is -0.158. The maximum absolute atomic E-state index is 12.4. The van der Waals surface area contributed by atoms with Crippen molar-refractivity contribution in [3.8, 4) is 0 Å². The van der Waals surface area contributed by atoms with Crippen LogP contribution in [0.15, 0.2) is 0 Å². The third-order valence-electron chi connectivity index (χ3n) is 6.42. The summed E-state index contributed by atoms with van der Waals surface area (Å²) in [7, 11) is -5.10. The zero-order valence-corrected chi connectivity index (χ0v) is 22.7.